The molecule has 0 bridgehead atoms. The molecule has 1 aliphatic carbocycles. The van der Waals surface area contributed by atoms with Gasteiger partial charge in [0.1, 0.15) is 17.7 Å². The van der Waals surface area contributed by atoms with Gasteiger partial charge in [0.15, 0.2) is 23.6 Å². The molecule has 1 unspecified atom stereocenters. The van der Waals surface area contributed by atoms with E-state index in [0.717, 1.165) is 5.56 Å². The maximum atomic E-state index is 14.0. The Hall–Kier alpha value is -2.47. The van der Waals surface area contributed by atoms with E-state index in [0.29, 0.717) is 5.56 Å². The molecule has 6 atom stereocenters. The number of hydroxylamine groups is 1. The van der Waals surface area contributed by atoms with Crippen LogP contribution in [0.2, 0.25) is 22.2 Å². The lowest BCUT2D eigenvalue weighted by atomic mass is 9.66. The first-order chi connectivity index (χ1) is 24.0. The Kier molecular flexibility index (Phi) is 10.6. The maximum absolute atomic E-state index is 14.0. The third-order valence-corrected chi connectivity index (χ3v) is 21.3. The standard InChI is InChI=1S/C38H55NO10Si2/c1-24(2)50(25(3)4)46-32-34(47-51(49-50,26(5)6)27(7)8)38(23-42-36(9,10)48-38)33(45-35(41)29-19-15-12-16-20-29)31-37(32,21-30(40)44-31)39-43-22-28-17-13-11-14-18-28/h11-20,24-27,31-34,39H,21-23H2,1-10H3/t31-,32+,33+,34-,37+,38?/m0/s1. The highest BCUT2D eigenvalue weighted by molar-refractivity contribution is 6.84. The number of hydrogen-bond donors (Lipinski definition) is 1. The first kappa shape index (κ1) is 38.3. The van der Waals surface area contributed by atoms with Crippen molar-refractivity contribution >= 4 is 29.1 Å². The SMILES string of the molecule is CC(C)[Si]1(C(C)C)O[C@@H]2[C@H](O[Si](C(C)C)(C(C)C)O1)C1(COC(C)(C)O1)[C@H](OC(=O)c1ccccc1)[C@@H]1OC(=O)C[C@]21NOCc1ccccc1. The predicted molar refractivity (Wildman–Crippen MR) is 194 cm³/mol. The van der Waals surface area contributed by atoms with E-state index in [4.69, 9.17) is 36.8 Å². The summed E-state index contributed by atoms with van der Waals surface area (Å²) in [6, 6.07) is 18.5. The molecule has 2 aromatic carbocycles. The zero-order valence-corrected chi connectivity index (χ0v) is 33.6. The Morgan fingerprint density at radius 1 is 0.824 bits per heavy atom. The number of carbonyl (C=O) groups excluding carboxylic acids is 2. The summed E-state index contributed by atoms with van der Waals surface area (Å²) >= 11 is 0. The predicted octanol–water partition coefficient (Wildman–Crippen LogP) is 6.85. The lowest BCUT2D eigenvalue weighted by molar-refractivity contribution is -0.281. The van der Waals surface area contributed by atoms with Crippen LogP contribution >= 0.6 is 0 Å². The molecule has 1 spiro atoms. The van der Waals surface area contributed by atoms with Crippen molar-refractivity contribution in [3.05, 3.63) is 71.8 Å². The van der Waals surface area contributed by atoms with E-state index in [2.05, 4.69) is 60.9 Å². The maximum Gasteiger partial charge on any atom is 0.338 e. The molecule has 2 aromatic rings. The molecule has 0 radical (unpaired) electrons. The summed E-state index contributed by atoms with van der Waals surface area (Å²) < 4.78 is 49.0. The highest BCUT2D eigenvalue weighted by atomic mass is 28.5. The van der Waals surface area contributed by atoms with E-state index in [-0.39, 0.29) is 41.8 Å². The lowest BCUT2D eigenvalue weighted by Crippen LogP contribution is -2.81. The largest absolute Gasteiger partial charge is 0.456 e. The summed E-state index contributed by atoms with van der Waals surface area (Å²) in [5.74, 6) is -2.18. The minimum Gasteiger partial charge on any atom is -0.456 e. The zero-order valence-electron chi connectivity index (χ0n) is 31.6. The van der Waals surface area contributed by atoms with Gasteiger partial charge in [-0.25, -0.2) is 4.79 Å². The van der Waals surface area contributed by atoms with Gasteiger partial charge in [-0.05, 0) is 53.7 Å². The van der Waals surface area contributed by atoms with Crippen LogP contribution in [-0.2, 0) is 48.2 Å². The first-order valence-electron chi connectivity index (χ1n) is 18.3. The number of esters is 2. The van der Waals surface area contributed by atoms with Gasteiger partial charge in [-0.2, -0.15) is 5.48 Å². The van der Waals surface area contributed by atoms with Crippen LogP contribution in [0.3, 0.4) is 0 Å². The number of ether oxygens (including phenoxy) is 4. The Labute approximate surface area is 304 Å². The van der Waals surface area contributed by atoms with Crippen molar-refractivity contribution in [1.82, 2.24) is 5.48 Å². The molecule has 0 aromatic heterocycles. The fourth-order valence-corrected chi connectivity index (χ4v) is 19.9. The molecule has 6 rings (SSSR count). The molecule has 3 heterocycles. The van der Waals surface area contributed by atoms with E-state index in [1.54, 1.807) is 24.3 Å². The van der Waals surface area contributed by atoms with Crippen molar-refractivity contribution in [2.75, 3.05) is 6.61 Å². The third-order valence-electron chi connectivity index (χ3n) is 11.1. The van der Waals surface area contributed by atoms with Crippen LogP contribution in [0.4, 0.5) is 0 Å². The molecule has 4 fully saturated rings. The van der Waals surface area contributed by atoms with Crippen molar-refractivity contribution in [1.29, 1.82) is 0 Å². The molecule has 51 heavy (non-hydrogen) atoms. The minimum atomic E-state index is -3.24. The molecule has 4 aliphatic rings. The molecule has 1 saturated carbocycles. The number of fused-ring (bicyclic) bond motifs is 4. The second-order valence-electron chi connectivity index (χ2n) is 16.2. The number of benzene rings is 2. The summed E-state index contributed by atoms with van der Waals surface area (Å²) in [5, 5.41) is 0. The van der Waals surface area contributed by atoms with Crippen molar-refractivity contribution in [3.63, 3.8) is 0 Å². The van der Waals surface area contributed by atoms with E-state index >= 15 is 0 Å². The second-order valence-corrected chi connectivity index (χ2v) is 25.0. The van der Waals surface area contributed by atoms with Crippen LogP contribution in [0.5, 0.6) is 0 Å². The van der Waals surface area contributed by atoms with Crippen LogP contribution in [0.15, 0.2) is 60.7 Å². The Balaban J connectivity index is 1.59. The molecular formula is C38H55NO10Si2. The van der Waals surface area contributed by atoms with Crippen LogP contribution in [0.25, 0.3) is 0 Å². The van der Waals surface area contributed by atoms with Gasteiger partial charge in [0.2, 0.25) is 0 Å². The molecule has 3 saturated heterocycles. The summed E-state index contributed by atoms with van der Waals surface area (Å²) in [4.78, 5) is 34.1. The highest BCUT2D eigenvalue weighted by Crippen LogP contribution is 2.58. The fraction of sp³-hybridized carbons (Fsp3) is 0.632. The minimum absolute atomic E-state index is 0.000603. The number of carbonyl (C=O) groups is 2. The monoisotopic (exact) mass is 741 g/mol. The number of nitrogens with one attached hydrogen (secondary N) is 1. The van der Waals surface area contributed by atoms with E-state index in [1.807, 2.05) is 50.2 Å². The molecule has 280 valence electrons. The third kappa shape index (κ3) is 6.56. The van der Waals surface area contributed by atoms with E-state index in [1.165, 1.54) is 0 Å². The normalized spacial score (nSPS) is 32.2. The quantitative estimate of drug-likeness (QED) is 0.157. The molecule has 13 heteroatoms. The van der Waals surface area contributed by atoms with Crippen molar-refractivity contribution < 1.29 is 46.3 Å². The van der Waals surface area contributed by atoms with E-state index < -0.39 is 70.4 Å². The molecule has 11 nitrogen and oxygen atoms in total. The van der Waals surface area contributed by atoms with Gasteiger partial charge >= 0.3 is 29.1 Å². The molecule has 0 amide bonds. The fourth-order valence-electron chi connectivity index (χ4n) is 8.52. The smallest absolute Gasteiger partial charge is 0.338 e. The van der Waals surface area contributed by atoms with Crippen LogP contribution < -0.4 is 5.48 Å². The van der Waals surface area contributed by atoms with Gasteiger partial charge in [-0.1, -0.05) is 104 Å². The topological polar surface area (TPSA) is 120 Å². The van der Waals surface area contributed by atoms with Crippen molar-refractivity contribution in [2.24, 2.45) is 0 Å². The Bertz CT molecular complexity index is 1540. The average molecular weight is 742 g/mol. The number of hydrogen-bond acceptors (Lipinski definition) is 11. The van der Waals surface area contributed by atoms with Crippen LogP contribution in [0.1, 0.15) is 91.6 Å². The van der Waals surface area contributed by atoms with Crippen molar-refractivity contribution in [3.8, 4) is 0 Å². The average Bonchev–Trinajstić information content (AvgIpc) is 3.51. The number of rotatable bonds is 10. The van der Waals surface area contributed by atoms with Gasteiger partial charge in [0.05, 0.1) is 25.2 Å². The summed E-state index contributed by atoms with van der Waals surface area (Å²) in [6.07, 6.45) is -4.23. The Morgan fingerprint density at radius 2 is 1.37 bits per heavy atom. The molecule has 3 aliphatic heterocycles. The van der Waals surface area contributed by atoms with Crippen LogP contribution in [-0.4, -0.2) is 77.0 Å². The van der Waals surface area contributed by atoms with Gasteiger partial charge in [-0.3, -0.25) is 9.63 Å². The van der Waals surface area contributed by atoms with Gasteiger partial charge in [0.25, 0.3) is 0 Å². The summed E-state index contributed by atoms with van der Waals surface area (Å²) in [6.45, 7) is 21.0. The lowest BCUT2D eigenvalue weighted by Gasteiger charge is -2.57. The first-order valence-corrected chi connectivity index (χ1v) is 22.2. The van der Waals surface area contributed by atoms with Crippen molar-refractivity contribution in [2.45, 2.75) is 146 Å². The summed E-state index contributed by atoms with van der Waals surface area (Å²) in [5.41, 5.74) is 1.77. The highest BCUT2D eigenvalue weighted by Gasteiger charge is 2.79. The van der Waals surface area contributed by atoms with Gasteiger partial charge in [-0.15, -0.1) is 0 Å². The van der Waals surface area contributed by atoms with Gasteiger partial charge in [0, 0.05) is 0 Å². The molecule has 1 N–H and O–H groups in total. The summed E-state index contributed by atoms with van der Waals surface area (Å²) in [7, 11) is -6.47. The Morgan fingerprint density at radius 3 is 1.90 bits per heavy atom. The van der Waals surface area contributed by atoms with Crippen LogP contribution in [0, 0.1) is 0 Å². The second kappa shape index (κ2) is 14.1. The molecular weight excluding hydrogens is 687 g/mol. The zero-order chi connectivity index (χ0) is 37.0. The van der Waals surface area contributed by atoms with Gasteiger partial charge < -0.3 is 31.9 Å². The van der Waals surface area contributed by atoms with E-state index in [9.17, 15) is 9.59 Å².